The van der Waals surface area contributed by atoms with Crippen molar-refractivity contribution in [2.45, 2.75) is 12.3 Å². The fourth-order valence-corrected chi connectivity index (χ4v) is 3.39. The molecule has 2 heterocycles. The molecule has 1 aliphatic heterocycles. The molecular formula is C19H18N2O. The van der Waals surface area contributed by atoms with Crippen LogP contribution in [0, 0.1) is 0 Å². The van der Waals surface area contributed by atoms with Crippen LogP contribution >= 0.6 is 0 Å². The summed E-state index contributed by atoms with van der Waals surface area (Å²) in [5.41, 5.74) is 3.28. The zero-order chi connectivity index (χ0) is 14.9. The first-order valence-electron chi connectivity index (χ1n) is 7.73. The minimum atomic E-state index is 0.142. The molecule has 0 saturated carbocycles. The van der Waals surface area contributed by atoms with Gasteiger partial charge in [0.2, 0.25) is 0 Å². The number of benzene rings is 2. The molecule has 3 aromatic rings. The van der Waals surface area contributed by atoms with E-state index in [1.807, 2.05) is 41.3 Å². The van der Waals surface area contributed by atoms with Crippen LogP contribution in [-0.4, -0.2) is 28.9 Å². The minimum absolute atomic E-state index is 0.142. The SMILES string of the molecule is O=C(c1ccccc1)N1CCC(c2c[nH]c3ccccc23)C1. The van der Waals surface area contributed by atoms with Crippen molar-refractivity contribution in [3.63, 3.8) is 0 Å². The maximum atomic E-state index is 12.5. The lowest BCUT2D eigenvalue weighted by atomic mass is 9.98. The molecule has 0 aliphatic carbocycles. The summed E-state index contributed by atoms with van der Waals surface area (Å²) in [6.45, 7) is 1.63. The molecule has 1 aromatic heterocycles. The van der Waals surface area contributed by atoms with Crippen LogP contribution in [0.3, 0.4) is 0 Å². The van der Waals surface area contributed by atoms with E-state index >= 15 is 0 Å². The summed E-state index contributed by atoms with van der Waals surface area (Å²) < 4.78 is 0. The molecule has 1 N–H and O–H groups in total. The quantitative estimate of drug-likeness (QED) is 0.765. The number of hydrogen-bond donors (Lipinski definition) is 1. The van der Waals surface area contributed by atoms with E-state index in [2.05, 4.69) is 29.4 Å². The maximum absolute atomic E-state index is 12.5. The molecule has 3 heteroatoms. The number of carbonyl (C=O) groups excluding carboxylic acids is 1. The average Bonchev–Trinajstić information content (AvgIpc) is 3.21. The van der Waals surface area contributed by atoms with Crippen LogP contribution < -0.4 is 0 Å². The van der Waals surface area contributed by atoms with Crippen LogP contribution in [0.5, 0.6) is 0 Å². The number of rotatable bonds is 2. The third-order valence-corrected chi connectivity index (χ3v) is 4.56. The first-order valence-corrected chi connectivity index (χ1v) is 7.73. The highest BCUT2D eigenvalue weighted by Gasteiger charge is 2.29. The van der Waals surface area contributed by atoms with Crippen LogP contribution in [0.4, 0.5) is 0 Å². The van der Waals surface area contributed by atoms with E-state index in [4.69, 9.17) is 0 Å². The Morgan fingerprint density at radius 1 is 1.05 bits per heavy atom. The monoisotopic (exact) mass is 290 g/mol. The topological polar surface area (TPSA) is 36.1 Å². The summed E-state index contributed by atoms with van der Waals surface area (Å²) in [4.78, 5) is 17.9. The van der Waals surface area contributed by atoms with Crippen LogP contribution in [-0.2, 0) is 0 Å². The smallest absolute Gasteiger partial charge is 0.253 e. The Kier molecular flexibility index (Phi) is 3.19. The lowest BCUT2D eigenvalue weighted by Crippen LogP contribution is -2.28. The fourth-order valence-electron chi connectivity index (χ4n) is 3.39. The van der Waals surface area contributed by atoms with Gasteiger partial charge in [-0.3, -0.25) is 4.79 Å². The zero-order valence-corrected chi connectivity index (χ0v) is 12.3. The largest absolute Gasteiger partial charge is 0.361 e. The van der Waals surface area contributed by atoms with Crippen LogP contribution in [0.1, 0.15) is 28.3 Å². The van der Waals surface area contributed by atoms with E-state index in [1.54, 1.807) is 0 Å². The number of nitrogens with zero attached hydrogens (tertiary/aromatic N) is 1. The highest BCUT2D eigenvalue weighted by molar-refractivity contribution is 5.94. The molecule has 1 aliphatic rings. The van der Waals surface area contributed by atoms with E-state index in [-0.39, 0.29) is 5.91 Å². The van der Waals surface area contributed by atoms with Gasteiger partial charge in [0.1, 0.15) is 0 Å². The van der Waals surface area contributed by atoms with Crippen molar-refractivity contribution in [1.29, 1.82) is 0 Å². The Morgan fingerprint density at radius 3 is 2.68 bits per heavy atom. The molecule has 4 rings (SSSR count). The van der Waals surface area contributed by atoms with Gasteiger partial charge >= 0.3 is 0 Å². The molecule has 1 fully saturated rings. The van der Waals surface area contributed by atoms with E-state index in [1.165, 1.54) is 16.5 Å². The van der Waals surface area contributed by atoms with Crippen molar-refractivity contribution in [2.24, 2.45) is 0 Å². The van der Waals surface area contributed by atoms with Gasteiger partial charge in [0.05, 0.1) is 0 Å². The molecule has 1 amide bonds. The van der Waals surface area contributed by atoms with Gasteiger partial charge in [-0.05, 0) is 30.2 Å². The number of fused-ring (bicyclic) bond motifs is 1. The Bertz CT molecular complexity index is 806. The molecule has 1 saturated heterocycles. The van der Waals surface area contributed by atoms with Crippen LogP contribution in [0.15, 0.2) is 60.8 Å². The molecule has 110 valence electrons. The minimum Gasteiger partial charge on any atom is -0.361 e. The number of para-hydroxylation sites is 1. The van der Waals surface area contributed by atoms with Crippen molar-refractivity contribution in [3.8, 4) is 0 Å². The maximum Gasteiger partial charge on any atom is 0.253 e. The van der Waals surface area contributed by atoms with E-state index < -0.39 is 0 Å². The first-order chi connectivity index (χ1) is 10.8. The molecule has 0 spiro atoms. The van der Waals surface area contributed by atoms with Gasteiger partial charge in [0.25, 0.3) is 5.91 Å². The molecule has 0 radical (unpaired) electrons. The third-order valence-electron chi connectivity index (χ3n) is 4.56. The van der Waals surface area contributed by atoms with E-state index in [9.17, 15) is 4.79 Å². The molecule has 0 bridgehead atoms. The number of carbonyl (C=O) groups is 1. The second-order valence-electron chi connectivity index (χ2n) is 5.89. The molecular weight excluding hydrogens is 272 g/mol. The molecule has 22 heavy (non-hydrogen) atoms. The summed E-state index contributed by atoms with van der Waals surface area (Å²) in [5.74, 6) is 0.562. The number of likely N-dealkylation sites (tertiary alicyclic amines) is 1. The van der Waals surface area contributed by atoms with Gasteiger partial charge in [-0.25, -0.2) is 0 Å². The normalized spacial score (nSPS) is 18.0. The van der Waals surface area contributed by atoms with Crippen LogP contribution in [0.25, 0.3) is 10.9 Å². The number of H-pyrrole nitrogens is 1. The molecule has 1 unspecified atom stereocenters. The van der Waals surface area contributed by atoms with Gasteiger partial charge in [-0.1, -0.05) is 36.4 Å². The predicted molar refractivity (Wildman–Crippen MR) is 88.0 cm³/mol. The Labute approximate surface area is 129 Å². The Morgan fingerprint density at radius 2 is 1.82 bits per heavy atom. The average molecular weight is 290 g/mol. The van der Waals surface area contributed by atoms with Crippen LogP contribution in [0.2, 0.25) is 0 Å². The van der Waals surface area contributed by atoms with Gasteiger partial charge in [-0.15, -0.1) is 0 Å². The standard InChI is InChI=1S/C19H18N2O/c22-19(14-6-2-1-3-7-14)21-11-10-15(13-21)17-12-20-18-9-5-4-8-16(17)18/h1-9,12,15,20H,10-11,13H2. The number of aromatic amines is 1. The van der Waals surface area contributed by atoms with E-state index in [0.29, 0.717) is 5.92 Å². The summed E-state index contributed by atoms with van der Waals surface area (Å²) in [6, 6.07) is 17.9. The fraction of sp³-hybridized carbons (Fsp3) is 0.211. The van der Waals surface area contributed by atoms with E-state index in [0.717, 1.165) is 25.1 Å². The summed E-state index contributed by atoms with van der Waals surface area (Å²) in [7, 11) is 0. The summed E-state index contributed by atoms with van der Waals surface area (Å²) in [5, 5.41) is 1.28. The van der Waals surface area contributed by atoms with Gasteiger partial charge < -0.3 is 9.88 Å². The third kappa shape index (κ3) is 2.19. The van der Waals surface area contributed by atoms with Crippen molar-refractivity contribution in [2.75, 3.05) is 13.1 Å². The molecule has 2 aromatic carbocycles. The highest BCUT2D eigenvalue weighted by Crippen LogP contribution is 2.32. The lowest BCUT2D eigenvalue weighted by molar-refractivity contribution is 0.0791. The van der Waals surface area contributed by atoms with Gasteiger partial charge in [-0.2, -0.15) is 0 Å². The van der Waals surface area contributed by atoms with Gasteiger partial charge in [0, 0.05) is 41.7 Å². The van der Waals surface area contributed by atoms with Crippen molar-refractivity contribution < 1.29 is 4.79 Å². The second-order valence-corrected chi connectivity index (χ2v) is 5.89. The Hall–Kier alpha value is -2.55. The summed E-state index contributed by atoms with van der Waals surface area (Å²) in [6.07, 6.45) is 3.13. The summed E-state index contributed by atoms with van der Waals surface area (Å²) >= 11 is 0. The highest BCUT2D eigenvalue weighted by atomic mass is 16.2. The second kappa shape index (κ2) is 5.34. The first kappa shape index (κ1) is 13.1. The zero-order valence-electron chi connectivity index (χ0n) is 12.3. The van der Waals surface area contributed by atoms with Crippen molar-refractivity contribution in [3.05, 3.63) is 71.9 Å². The number of nitrogens with one attached hydrogen (secondary N) is 1. The Balaban J connectivity index is 1.56. The van der Waals surface area contributed by atoms with Crippen molar-refractivity contribution >= 4 is 16.8 Å². The predicted octanol–water partition coefficient (Wildman–Crippen LogP) is 3.80. The molecule has 1 atom stereocenters. The number of aromatic nitrogens is 1. The lowest BCUT2D eigenvalue weighted by Gasteiger charge is -2.16. The number of hydrogen-bond acceptors (Lipinski definition) is 1. The number of amides is 1. The molecule has 3 nitrogen and oxygen atoms in total. The van der Waals surface area contributed by atoms with Crippen molar-refractivity contribution in [1.82, 2.24) is 9.88 Å². The van der Waals surface area contributed by atoms with Gasteiger partial charge in [0.15, 0.2) is 0 Å².